The first-order valence-electron chi connectivity index (χ1n) is 8.85. The van der Waals surface area contributed by atoms with E-state index in [4.69, 9.17) is 5.73 Å². The summed E-state index contributed by atoms with van der Waals surface area (Å²) >= 11 is 1.41. The number of hydrogen-bond donors (Lipinski definition) is 2. The molecule has 2 aromatic rings. The van der Waals surface area contributed by atoms with Gasteiger partial charge in [-0.2, -0.15) is 0 Å². The monoisotopic (exact) mass is 390 g/mol. The molecule has 0 aliphatic heterocycles. The van der Waals surface area contributed by atoms with Crippen molar-refractivity contribution in [1.29, 1.82) is 0 Å². The van der Waals surface area contributed by atoms with E-state index in [-0.39, 0.29) is 23.2 Å². The molecule has 0 unspecified atom stereocenters. The Kier molecular flexibility index (Phi) is 6.90. The first-order chi connectivity index (χ1) is 12.8. The minimum absolute atomic E-state index is 0.0114. The molecule has 0 saturated heterocycles. The number of carbonyl (C=O) groups is 1. The van der Waals surface area contributed by atoms with Crippen LogP contribution in [0.4, 0.5) is 11.5 Å². The summed E-state index contributed by atoms with van der Waals surface area (Å²) in [5.74, 6) is -0.0862. The number of nitrogens with zero attached hydrogens (tertiary/aromatic N) is 2. The van der Waals surface area contributed by atoms with Crippen LogP contribution in [0, 0.1) is 13.8 Å². The number of aromatic amines is 1. The lowest BCUT2D eigenvalue weighted by atomic mass is 10.2. The van der Waals surface area contributed by atoms with Crippen LogP contribution >= 0.6 is 11.8 Å². The fraction of sp³-hybridized carbons (Fsp3) is 0.421. The van der Waals surface area contributed by atoms with Gasteiger partial charge in [0.2, 0.25) is 5.91 Å². The highest BCUT2D eigenvalue weighted by atomic mass is 32.2. The van der Waals surface area contributed by atoms with E-state index in [1.54, 1.807) is 0 Å². The maximum absolute atomic E-state index is 12.6. The van der Waals surface area contributed by atoms with Gasteiger partial charge in [-0.05, 0) is 31.9 Å². The number of amides is 1. The standard InChI is InChI=1S/C19H26N4O3S/c1-5-6-9-23-17(20)16(18(25)21-19(23)26)22(4)15(24)11-27-14-10-12(2)7-8-13(14)3/h7-8,10H,5-6,9,11,20H2,1-4H3,(H,21,25,26). The Morgan fingerprint density at radius 2 is 2.00 bits per heavy atom. The number of aromatic nitrogens is 2. The van der Waals surface area contributed by atoms with E-state index < -0.39 is 11.2 Å². The SMILES string of the molecule is CCCCn1c(N)c(N(C)C(=O)CSc2cc(C)ccc2C)c(=O)[nH]c1=O. The summed E-state index contributed by atoms with van der Waals surface area (Å²) in [5, 5.41) is 0. The molecule has 0 saturated carbocycles. The lowest BCUT2D eigenvalue weighted by Crippen LogP contribution is -2.39. The molecule has 0 bridgehead atoms. The highest BCUT2D eigenvalue weighted by Crippen LogP contribution is 2.25. The lowest BCUT2D eigenvalue weighted by molar-refractivity contribution is -0.115. The molecular formula is C19H26N4O3S. The summed E-state index contributed by atoms with van der Waals surface area (Å²) in [5.41, 5.74) is 7.07. The topological polar surface area (TPSA) is 101 Å². The molecule has 0 radical (unpaired) electrons. The molecule has 1 heterocycles. The lowest BCUT2D eigenvalue weighted by Gasteiger charge is -2.20. The highest BCUT2D eigenvalue weighted by Gasteiger charge is 2.21. The van der Waals surface area contributed by atoms with Crippen LogP contribution in [0.1, 0.15) is 30.9 Å². The second-order valence-electron chi connectivity index (χ2n) is 6.51. The van der Waals surface area contributed by atoms with Gasteiger partial charge in [0.15, 0.2) is 5.69 Å². The third-order valence-electron chi connectivity index (χ3n) is 4.35. The number of benzene rings is 1. The molecule has 0 aliphatic carbocycles. The Hall–Kier alpha value is -2.48. The summed E-state index contributed by atoms with van der Waals surface area (Å²) in [6.45, 7) is 6.37. The van der Waals surface area contributed by atoms with Crippen molar-refractivity contribution in [2.24, 2.45) is 0 Å². The summed E-state index contributed by atoms with van der Waals surface area (Å²) < 4.78 is 1.31. The Balaban J connectivity index is 2.24. The van der Waals surface area contributed by atoms with Gasteiger partial charge >= 0.3 is 5.69 Å². The molecule has 7 nitrogen and oxygen atoms in total. The number of carbonyl (C=O) groups excluding carboxylic acids is 1. The number of anilines is 2. The quantitative estimate of drug-likeness (QED) is 0.707. The predicted octanol–water partition coefficient (Wildman–Crippen LogP) is 2.29. The van der Waals surface area contributed by atoms with Crippen LogP contribution in [0.15, 0.2) is 32.7 Å². The van der Waals surface area contributed by atoms with Crippen LogP contribution in [-0.4, -0.2) is 28.3 Å². The fourth-order valence-electron chi connectivity index (χ4n) is 2.66. The number of H-pyrrole nitrogens is 1. The van der Waals surface area contributed by atoms with Crippen LogP contribution in [-0.2, 0) is 11.3 Å². The molecule has 146 valence electrons. The molecule has 0 fully saturated rings. The minimum Gasteiger partial charge on any atom is -0.383 e. The molecule has 27 heavy (non-hydrogen) atoms. The zero-order valence-corrected chi connectivity index (χ0v) is 17.0. The van der Waals surface area contributed by atoms with Gasteiger partial charge in [0, 0.05) is 18.5 Å². The number of nitrogens with one attached hydrogen (secondary N) is 1. The van der Waals surface area contributed by atoms with E-state index in [0.29, 0.717) is 6.54 Å². The number of hydrogen-bond acceptors (Lipinski definition) is 5. The smallest absolute Gasteiger partial charge is 0.330 e. The van der Waals surface area contributed by atoms with Gasteiger partial charge < -0.3 is 10.6 Å². The summed E-state index contributed by atoms with van der Waals surface area (Å²) in [7, 11) is 1.50. The molecule has 8 heteroatoms. The Morgan fingerprint density at radius 1 is 1.30 bits per heavy atom. The van der Waals surface area contributed by atoms with Crippen molar-refractivity contribution in [1.82, 2.24) is 9.55 Å². The molecule has 0 aliphatic rings. The average molecular weight is 391 g/mol. The van der Waals surface area contributed by atoms with Gasteiger partial charge in [0.1, 0.15) is 5.82 Å². The zero-order chi connectivity index (χ0) is 20.1. The average Bonchev–Trinajstić information content (AvgIpc) is 2.61. The summed E-state index contributed by atoms with van der Waals surface area (Å²) in [6.07, 6.45) is 1.62. The van der Waals surface area contributed by atoms with Crippen molar-refractivity contribution >= 4 is 29.2 Å². The van der Waals surface area contributed by atoms with Crippen molar-refractivity contribution in [3.8, 4) is 0 Å². The first-order valence-corrected chi connectivity index (χ1v) is 9.84. The summed E-state index contributed by atoms with van der Waals surface area (Å²) in [6, 6.07) is 6.06. The molecule has 2 rings (SSSR count). The molecule has 3 N–H and O–H groups in total. The van der Waals surface area contributed by atoms with Crippen LogP contribution in [0.2, 0.25) is 0 Å². The second kappa shape index (κ2) is 8.94. The van der Waals surface area contributed by atoms with Crippen molar-refractivity contribution < 1.29 is 4.79 Å². The van der Waals surface area contributed by atoms with Crippen LogP contribution in [0.25, 0.3) is 0 Å². The maximum Gasteiger partial charge on any atom is 0.330 e. The first kappa shape index (κ1) is 20.8. The van der Waals surface area contributed by atoms with Gasteiger partial charge in [0.05, 0.1) is 5.75 Å². The Labute approximate surface area is 162 Å². The van der Waals surface area contributed by atoms with Crippen LogP contribution < -0.4 is 21.9 Å². The number of nitrogen functional groups attached to an aromatic ring is 1. The minimum atomic E-state index is -0.655. The Morgan fingerprint density at radius 3 is 2.67 bits per heavy atom. The van der Waals surface area contributed by atoms with E-state index in [2.05, 4.69) is 4.98 Å². The molecule has 1 amide bonds. The third kappa shape index (κ3) is 4.82. The number of rotatable bonds is 7. The number of aryl methyl sites for hydroxylation is 2. The van der Waals surface area contributed by atoms with E-state index >= 15 is 0 Å². The normalized spacial score (nSPS) is 10.8. The second-order valence-corrected chi connectivity index (χ2v) is 7.53. The van der Waals surface area contributed by atoms with E-state index in [1.807, 2.05) is 39.0 Å². The van der Waals surface area contributed by atoms with E-state index in [1.165, 1.54) is 28.3 Å². The van der Waals surface area contributed by atoms with Crippen molar-refractivity contribution in [3.05, 3.63) is 50.2 Å². The van der Waals surface area contributed by atoms with Crippen LogP contribution in [0.5, 0.6) is 0 Å². The van der Waals surface area contributed by atoms with Crippen molar-refractivity contribution in [3.63, 3.8) is 0 Å². The van der Waals surface area contributed by atoms with Gasteiger partial charge in [0.25, 0.3) is 5.56 Å². The van der Waals surface area contributed by atoms with Gasteiger partial charge in [-0.3, -0.25) is 19.1 Å². The number of nitrogens with two attached hydrogens (primary N) is 1. The van der Waals surface area contributed by atoms with E-state index in [0.717, 1.165) is 28.9 Å². The molecular weight excluding hydrogens is 364 g/mol. The number of thioether (sulfide) groups is 1. The maximum atomic E-state index is 12.6. The molecule has 1 aromatic heterocycles. The van der Waals surface area contributed by atoms with Gasteiger partial charge in [-0.25, -0.2) is 4.79 Å². The summed E-state index contributed by atoms with van der Waals surface area (Å²) in [4.78, 5) is 41.4. The van der Waals surface area contributed by atoms with Gasteiger partial charge in [-0.15, -0.1) is 11.8 Å². The Bertz CT molecular complexity index is 949. The van der Waals surface area contributed by atoms with Crippen LogP contribution in [0.3, 0.4) is 0 Å². The molecule has 0 atom stereocenters. The third-order valence-corrected chi connectivity index (χ3v) is 5.50. The van der Waals surface area contributed by atoms with Gasteiger partial charge in [-0.1, -0.05) is 31.0 Å². The fourth-order valence-corrected chi connectivity index (χ4v) is 3.70. The van der Waals surface area contributed by atoms with Crippen molar-refractivity contribution in [2.75, 3.05) is 23.4 Å². The van der Waals surface area contributed by atoms with Crippen molar-refractivity contribution in [2.45, 2.75) is 45.1 Å². The van der Waals surface area contributed by atoms with E-state index in [9.17, 15) is 14.4 Å². The predicted molar refractivity (Wildman–Crippen MR) is 111 cm³/mol. The zero-order valence-electron chi connectivity index (χ0n) is 16.2. The number of unbranched alkanes of at least 4 members (excludes halogenated alkanes) is 1. The molecule has 0 spiro atoms. The molecule has 1 aromatic carbocycles. The highest BCUT2D eigenvalue weighted by molar-refractivity contribution is 8.00. The largest absolute Gasteiger partial charge is 0.383 e.